The molecule has 0 fully saturated rings. The first-order valence-electron chi connectivity index (χ1n) is 6.22. The van der Waals surface area contributed by atoms with Gasteiger partial charge in [0, 0.05) is 6.20 Å². The van der Waals surface area contributed by atoms with Gasteiger partial charge in [-0.25, -0.2) is 14.8 Å². The van der Waals surface area contributed by atoms with Crippen LogP contribution in [0.15, 0.2) is 36.5 Å². The van der Waals surface area contributed by atoms with Crippen molar-refractivity contribution in [3.8, 4) is 5.69 Å². The Balaban J connectivity index is 2.26. The Morgan fingerprint density at radius 2 is 2.05 bits per heavy atom. The molecule has 0 saturated heterocycles. The largest absolute Gasteiger partial charge is 0.478 e. The summed E-state index contributed by atoms with van der Waals surface area (Å²) in [4.78, 5) is 19.8. The SMILES string of the molecule is Cc1cc(C(=O)O)ccc1-n1c(C)nc2cccnc21. The number of aromatic carboxylic acids is 1. The summed E-state index contributed by atoms with van der Waals surface area (Å²) >= 11 is 0. The average molecular weight is 267 g/mol. The van der Waals surface area contributed by atoms with Crippen molar-refractivity contribution in [3.05, 3.63) is 53.5 Å². The molecule has 20 heavy (non-hydrogen) atoms. The maximum Gasteiger partial charge on any atom is 0.335 e. The fraction of sp³-hybridized carbons (Fsp3) is 0.133. The van der Waals surface area contributed by atoms with Gasteiger partial charge in [0.1, 0.15) is 11.3 Å². The summed E-state index contributed by atoms with van der Waals surface area (Å²) in [5, 5.41) is 9.03. The lowest BCUT2D eigenvalue weighted by Gasteiger charge is -2.10. The molecule has 2 aromatic heterocycles. The molecule has 2 heterocycles. The van der Waals surface area contributed by atoms with Gasteiger partial charge in [-0.2, -0.15) is 0 Å². The molecule has 5 heteroatoms. The van der Waals surface area contributed by atoms with E-state index in [9.17, 15) is 4.79 Å². The Morgan fingerprint density at radius 1 is 1.25 bits per heavy atom. The number of imidazole rings is 1. The van der Waals surface area contributed by atoms with Gasteiger partial charge in [0.25, 0.3) is 0 Å². The molecule has 100 valence electrons. The number of benzene rings is 1. The summed E-state index contributed by atoms with van der Waals surface area (Å²) in [5.41, 5.74) is 3.65. The van der Waals surface area contributed by atoms with E-state index >= 15 is 0 Å². The van der Waals surface area contributed by atoms with Crippen molar-refractivity contribution in [1.82, 2.24) is 14.5 Å². The number of aryl methyl sites for hydroxylation is 2. The van der Waals surface area contributed by atoms with Crippen molar-refractivity contribution in [1.29, 1.82) is 0 Å². The van der Waals surface area contributed by atoms with Crippen molar-refractivity contribution in [2.75, 3.05) is 0 Å². The summed E-state index contributed by atoms with van der Waals surface area (Å²) in [5.74, 6) is -0.102. The minimum Gasteiger partial charge on any atom is -0.478 e. The van der Waals surface area contributed by atoms with Crippen LogP contribution in [0.4, 0.5) is 0 Å². The highest BCUT2D eigenvalue weighted by molar-refractivity contribution is 5.88. The van der Waals surface area contributed by atoms with Crippen LogP contribution in [0.3, 0.4) is 0 Å². The molecule has 0 bridgehead atoms. The molecule has 0 spiro atoms. The van der Waals surface area contributed by atoms with E-state index in [0.717, 1.165) is 28.2 Å². The molecule has 0 radical (unpaired) electrons. The lowest BCUT2D eigenvalue weighted by molar-refractivity contribution is 0.0697. The van der Waals surface area contributed by atoms with Crippen molar-refractivity contribution < 1.29 is 9.90 Å². The second-order valence-electron chi connectivity index (χ2n) is 4.65. The summed E-state index contributed by atoms with van der Waals surface area (Å²) in [6.45, 7) is 3.79. The molecule has 1 N–H and O–H groups in total. The second kappa shape index (κ2) is 4.45. The maximum absolute atomic E-state index is 11.0. The van der Waals surface area contributed by atoms with E-state index in [1.165, 1.54) is 0 Å². The van der Waals surface area contributed by atoms with Crippen molar-refractivity contribution in [3.63, 3.8) is 0 Å². The predicted octanol–water partition coefficient (Wildman–Crippen LogP) is 2.74. The number of nitrogens with zero attached hydrogens (tertiary/aromatic N) is 3. The number of aromatic nitrogens is 3. The number of hydrogen-bond acceptors (Lipinski definition) is 3. The lowest BCUT2D eigenvalue weighted by atomic mass is 10.1. The Kier molecular flexibility index (Phi) is 2.75. The van der Waals surface area contributed by atoms with E-state index in [0.29, 0.717) is 0 Å². The molecule has 0 aliphatic rings. The van der Waals surface area contributed by atoms with Crippen LogP contribution in [-0.4, -0.2) is 25.6 Å². The molecule has 0 aliphatic heterocycles. The molecular formula is C15H13N3O2. The van der Waals surface area contributed by atoms with Gasteiger partial charge in [0.15, 0.2) is 5.65 Å². The van der Waals surface area contributed by atoms with Crippen molar-refractivity contribution in [2.45, 2.75) is 13.8 Å². The van der Waals surface area contributed by atoms with E-state index < -0.39 is 5.97 Å². The molecule has 0 unspecified atom stereocenters. The molecule has 0 saturated carbocycles. The van der Waals surface area contributed by atoms with Gasteiger partial charge in [-0.05, 0) is 49.7 Å². The van der Waals surface area contributed by atoms with Gasteiger partial charge in [0.2, 0.25) is 0 Å². The molecule has 3 aromatic rings. The fourth-order valence-corrected chi connectivity index (χ4v) is 2.35. The molecule has 0 atom stereocenters. The molecule has 3 rings (SSSR count). The highest BCUT2D eigenvalue weighted by Gasteiger charge is 2.13. The first kappa shape index (κ1) is 12.3. The molecule has 0 aliphatic carbocycles. The fourth-order valence-electron chi connectivity index (χ4n) is 2.35. The summed E-state index contributed by atoms with van der Waals surface area (Å²) in [6, 6.07) is 8.80. The molecule has 0 amide bonds. The number of carboxylic acid groups (broad SMARTS) is 1. The Labute approximate surface area is 115 Å². The topological polar surface area (TPSA) is 68.0 Å². The Morgan fingerprint density at radius 3 is 2.75 bits per heavy atom. The van der Waals surface area contributed by atoms with Crippen LogP contribution in [-0.2, 0) is 0 Å². The minimum atomic E-state index is -0.926. The summed E-state index contributed by atoms with van der Waals surface area (Å²) in [6.07, 6.45) is 1.72. The van der Waals surface area contributed by atoms with Gasteiger partial charge >= 0.3 is 5.97 Å². The van der Waals surface area contributed by atoms with Gasteiger partial charge < -0.3 is 5.11 Å². The van der Waals surface area contributed by atoms with Crippen LogP contribution >= 0.6 is 0 Å². The summed E-state index contributed by atoms with van der Waals surface area (Å²) in [7, 11) is 0. The molecular weight excluding hydrogens is 254 g/mol. The van der Waals surface area contributed by atoms with E-state index in [-0.39, 0.29) is 5.56 Å². The maximum atomic E-state index is 11.0. The normalized spacial score (nSPS) is 10.9. The van der Waals surface area contributed by atoms with Gasteiger partial charge in [-0.3, -0.25) is 4.57 Å². The van der Waals surface area contributed by atoms with Crippen LogP contribution in [0.5, 0.6) is 0 Å². The van der Waals surface area contributed by atoms with Crippen LogP contribution in [0.1, 0.15) is 21.7 Å². The first-order valence-corrected chi connectivity index (χ1v) is 6.22. The average Bonchev–Trinajstić information content (AvgIpc) is 2.74. The van der Waals surface area contributed by atoms with Crippen molar-refractivity contribution >= 4 is 17.1 Å². The van der Waals surface area contributed by atoms with E-state index in [4.69, 9.17) is 5.11 Å². The van der Waals surface area contributed by atoms with Gasteiger partial charge in [-0.1, -0.05) is 0 Å². The third kappa shape index (κ3) is 1.84. The number of fused-ring (bicyclic) bond motifs is 1. The van der Waals surface area contributed by atoms with Gasteiger partial charge in [0.05, 0.1) is 11.3 Å². The quantitative estimate of drug-likeness (QED) is 0.775. The number of carbonyl (C=O) groups is 1. The predicted molar refractivity (Wildman–Crippen MR) is 75.3 cm³/mol. The number of carboxylic acids is 1. The van der Waals surface area contributed by atoms with Crippen LogP contribution < -0.4 is 0 Å². The van der Waals surface area contributed by atoms with E-state index in [2.05, 4.69) is 9.97 Å². The second-order valence-corrected chi connectivity index (χ2v) is 4.65. The van der Waals surface area contributed by atoms with Crippen LogP contribution in [0.2, 0.25) is 0 Å². The Hall–Kier alpha value is -2.69. The standard InChI is InChI=1S/C15H13N3O2/c1-9-8-11(15(19)20)5-6-13(9)18-10(2)17-12-4-3-7-16-14(12)18/h3-8H,1-2H3,(H,19,20). The third-order valence-electron chi connectivity index (χ3n) is 3.27. The lowest BCUT2D eigenvalue weighted by Crippen LogP contribution is -2.03. The van der Waals surface area contributed by atoms with E-state index in [1.807, 2.05) is 30.5 Å². The molecule has 5 nitrogen and oxygen atoms in total. The zero-order valence-corrected chi connectivity index (χ0v) is 11.2. The Bertz CT molecular complexity index is 821. The minimum absolute atomic E-state index is 0.279. The van der Waals surface area contributed by atoms with Crippen LogP contribution in [0, 0.1) is 13.8 Å². The third-order valence-corrected chi connectivity index (χ3v) is 3.27. The number of rotatable bonds is 2. The highest BCUT2D eigenvalue weighted by atomic mass is 16.4. The smallest absolute Gasteiger partial charge is 0.335 e. The number of pyridine rings is 1. The first-order chi connectivity index (χ1) is 9.58. The zero-order valence-electron chi connectivity index (χ0n) is 11.2. The monoisotopic (exact) mass is 267 g/mol. The van der Waals surface area contributed by atoms with Gasteiger partial charge in [-0.15, -0.1) is 0 Å². The zero-order chi connectivity index (χ0) is 14.3. The van der Waals surface area contributed by atoms with Crippen LogP contribution in [0.25, 0.3) is 16.9 Å². The number of hydrogen-bond donors (Lipinski definition) is 1. The highest BCUT2D eigenvalue weighted by Crippen LogP contribution is 2.22. The van der Waals surface area contributed by atoms with E-state index in [1.54, 1.807) is 24.4 Å². The summed E-state index contributed by atoms with van der Waals surface area (Å²) < 4.78 is 1.94. The van der Waals surface area contributed by atoms with Crippen molar-refractivity contribution in [2.24, 2.45) is 0 Å². The molecule has 1 aromatic carbocycles.